The molecule has 0 radical (unpaired) electrons. The summed E-state index contributed by atoms with van der Waals surface area (Å²) in [5.74, 6) is 1.71. The van der Waals surface area contributed by atoms with Crippen LogP contribution in [0.15, 0.2) is 133 Å². The average Bonchev–Trinajstić information content (AvgIpc) is 3.84. The number of benzene rings is 6. The van der Waals surface area contributed by atoms with Gasteiger partial charge in [-0.2, -0.15) is 18.2 Å². The zero-order valence-corrected chi connectivity index (χ0v) is 40.2. The van der Waals surface area contributed by atoms with Crippen LogP contribution in [0.5, 0.6) is 0 Å². The van der Waals surface area contributed by atoms with Gasteiger partial charge in [0, 0.05) is 0 Å². The van der Waals surface area contributed by atoms with Crippen molar-refractivity contribution in [2.45, 2.75) is 99.3 Å². The van der Waals surface area contributed by atoms with Gasteiger partial charge in [0.25, 0.3) is 0 Å². The normalized spacial score (nSPS) is 11.8. The molecule has 8 rings (SSSR count). The van der Waals surface area contributed by atoms with E-state index in [1.165, 1.54) is 90.0 Å². The van der Waals surface area contributed by atoms with Gasteiger partial charge in [0.1, 0.15) is 0 Å². The Bertz CT molecular complexity index is 2250. The molecule has 0 atom stereocenters. The van der Waals surface area contributed by atoms with Gasteiger partial charge >= 0.3 is 79.8 Å². The molecular formula is C55H60Cl2Zr-2. The summed E-state index contributed by atoms with van der Waals surface area (Å²) in [6, 6.07) is 52.4. The molecule has 1 aliphatic carbocycles. The van der Waals surface area contributed by atoms with Crippen LogP contribution < -0.4 is 24.8 Å². The molecule has 0 aliphatic heterocycles. The topological polar surface area (TPSA) is 0 Å². The van der Waals surface area contributed by atoms with Gasteiger partial charge in [-0.25, -0.2) is 12.1 Å². The molecule has 0 amide bonds. The van der Waals surface area contributed by atoms with Crippen LogP contribution >= 0.6 is 0 Å². The van der Waals surface area contributed by atoms with E-state index in [0.717, 1.165) is 18.3 Å². The molecule has 0 spiro atoms. The first-order valence-electron chi connectivity index (χ1n) is 20.6. The third-order valence-corrected chi connectivity index (χ3v) is 11.7. The molecule has 1 aliphatic rings. The summed E-state index contributed by atoms with van der Waals surface area (Å²) in [4.78, 5) is 0. The summed E-state index contributed by atoms with van der Waals surface area (Å²) in [5.41, 5.74) is 13.4. The first-order valence-corrected chi connectivity index (χ1v) is 21.8. The molecule has 0 saturated heterocycles. The van der Waals surface area contributed by atoms with E-state index in [4.69, 9.17) is 0 Å². The maximum atomic E-state index is 4.00. The maximum Gasteiger partial charge on any atom is -0.172 e. The van der Waals surface area contributed by atoms with E-state index in [1.54, 1.807) is 27.4 Å². The second kappa shape index (κ2) is 20.2. The van der Waals surface area contributed by atoms with Gasteiger partial charge in [-0.3, -0.25) is 0 Å². The maximum absolute atomic E-state index is 4.00. The van der Waals surface area contributed by atoms with Gasteiger partial charge < -0.3 is 24.8 Å². The summed E-state index contributed by atoms with van der Waals surface area (Å²) in [6.45, 7) is 23.2. The summed E-state index contributed by atoms with van der Waals surface area (Å²) >= 11 is 1.65. The van der Waals surface area contributed by atoms with Gasteiger partial charge in [-0.05, 0) is 55.7 Å². The SMILES string of the molecule is CC(C)(C)c1cc2c([c-]c1-c1cccc3ccccc13)Cc1cc(-c3cccc4ccccc34)c(C(C)(C)C)cc1-2.CC(C)C[C](=[Zr+2])CC(C)C.[Cl-].[Cl-].c1cc[cH-]c1. The second-order valence-electron chi connectivity index (χ2n) is 18.5. The Morgan fingerprint density at radius 2 is 1.05 bits per heavy atom. The van der Waals surface area contributed by atoms with Crippen LogP contribution in [0.2, 0.25) is 0 Å². The third-order valence-electron chi connectivity index (χ3n) is 10.7. The smallest absolute Gasteiger partial charge is 0.172 e. The number of hydrogen-bond acceptors (Lipinski definition) is 0. The molecule has 7 aromatic rings. The Morgan fingerprint density at radius 3 is 1.55 bits per heavy atom. The minimum absolute atomic E-state index is 0. The van der Waals surface area contributed by atoms with E-state index in [2.05, 4.69) is 178 Å². The predicted molar refractivity (Wildman–Crippen MR) is 243 cm³/mol. The Kier molecular flexibility index (Phi) is 16.4. The van der Waals surface area contributed by atoms with Crippen LogP contribution in [0.25, 0.3) is 54.9 Å². The molecular weight excluding hydrogens is 823 g/mol. The van der Waals surface area contributed by atoms with Gasteiger partial charge in [-0.15, -0.1) is 28.8 Å². The largest absolute Gasteiger partial charge is 1.00 e. The Morgan fingerprint density at radius 1 is 0.569 bits per heavy atom. The van der Waals surface area contributed by atoms with Crippen LogP contribution in [0.3, 0.4) is 0 Å². The predicted octanol–water partition coefficient (Wildman–Crippen LogP) is 9.50. The fraction of sp³-hybridized carbons (Fsp3) is 0.309. The fourth-order valence-corrected chi connectivity index (χ4v) is 10.1. The minimum atomic E-state index is -0.0175. The minimum Gasteiger partial charge on any atom is -1.00 e. The van der Waals surface area contributed by atoms with Crippen molar-refractivity contribution in [2.75, 3.05) is 0 Å². The van der Waals surface area contributed by atoms with E-state index >= 15 is 0 Å². The standard InChI is InChI=1S/C41H37.C9H18.C5H5.2ClH.Zr/c1-40(2,3)38-24-34-28(22-36(38)32-19-11-15-26-13-7-9-17-30(26)32)21-29-23-37(39(25-35(29)34)41(4,5)6)33-20-12-16-27-14-8-10-18-31(27)33;1-8(2)6-5-7-9(3)4;1-2-4-5-3-1;;;/h7-20,22,24-25H,21H2,1-6H3;8-9H,6-7H2,1-4H3;1-5H;2*1H;/q-1;;-1;;;+2/p-2. The zero-order valence-electron chi connectivity index (χ0n) is 36.2. The third kappa shape index (κ3) is 11.2. The summed E-state index contributed by atoms with van der Waals surface area (Å²) in [6.07, 6.45) is 3.60. The van der Waals surface area contributed by atoms with Crippen molar-refractivity contribution in [1.82, 2.24) is 0 Å². The summed E-state index contributed by atoms with van der Waals surface area (Å²) in [5, 5.41) is 5.17. The first-order chi connectivity index (χ1) is 26.6. The number of hydrogen-bond donors (Lipinski definition) is 0. The molecule has 0 fully saturated rings. The van der Waals surface area contributed by atoms with Crippen molar-refractivity contribution in [2.24, 2.45) is 11.8 Å². The number of rotatable bonds is 6. The number of fused-ring (bicyclic) bond motifs is 5. The molecule has 0 saturated carbocycles. The molecule has 0 N–H and O–H groups in total. The van der Waals surface area contributed by atoms with E-state index in [1.807, 2.05) is 30.3 Å². The van der Waals surface area contributed by atoms with Crippen molar-refractivity contribution in [3.05, 3.63) is 162 Å². The van der Waals surface area contributed by atoms with E-state index < -0.39 is 0 Å². The van der Waals surface area contributed by atoms with Gasteiger partial charge in [0.15, 0.2) is 0 Å². The van der Waals surface area contributed by atoms with Crippen LogP contribution in [-0.4, -0.2) is 3.21 Å². The molecule has 0 heterocycles. The zero-order chi connectivity index (χ0) is 40.2. The van der Waals surface area contributed by atoms with E-state index in [-0.39, 0.29) is 35.6 Å². The Hall–Kier alpha value is -3.48. The summed E-state index contributed by atoms with van der Waals surface area (Å²) in [7, 11) is 0. The molecule has 300 valence electrons. The Balaban J connectivity index is 0.000000372. The van der Waals surface area contributed by atoms with E-state index in [0.29, 0.717) is 0 Å². The van der Waals surface area contributed by atoms with Crippen molar-refractivity contribution in [3.8, 4) is 33.4 Å². The Labute approximate surface area is 377 Å². The average molecular weight is 883 g/mol. The molecule has 0 bridgehead atoms. The molecule has 7 aromatic carbocycles. The van der Waals surface area contributed by atoms with Crippen LogP contribution in [0, 0.1) is 17.9 Å². The summed E-state index contributed by atoms with van der Waals surface area (Å²) < 4.78 is 1.75. The quantitative estimate of drug-likeness (QED) is 0.146. The molecule has 0 nitrogen and oxygen atoms in total. The molecule has 0 unspecified atom stereocenters. The van der Waals surface area contributed by atoms with Gasteiger partial charge in [0.05, 0.1) is 0 Å². The van der Waals surface area contributed by atoms with Gasteiger partial charge in [-0.1, -0.05) is 161 Å². The fourth-order valence-electron chi connectivity index (χ4n) is 8.14. The van der Waals surface area contributed by atoms with Crippen LogP contribution in [0.4, 0.5) is 0 Å². The molecule has 0 aromatic heterocycles. The van der Waals surface area contributed by atoms with Crippen molar-refractivity contribution < 1.29 is 49.0 Å². The van der Waals surface area contributed by atoms with E-state index in [9.17, 15) is 0 Å². The molecule has 58 heavy (non-hydrogen) atoms. The van der Waals surface area contributed by atoms with Crippen LogP contribution in [0.1, 0.15) is 104 Å². The van der Waals surface area contributed by atoms with Crippen molar-refractivity contribution >= 4 is 24.8 Å². The first kappa shape index (κ1) is 47.2. The second-order valence-corrected chi connectivity index (χ2v) is 20.2. The monoisotopic (exact) mass is 880 g/mol. The van der Waals surface area contributed by atoms with Crippen molar-refractivity contribution in [3.63, 3.8) is 0 Å². The van der Waals surface area contributed by atoms with Crippen LogP contribution in [-0.2, 0) is 41.5 Å². The van der Waals surface area contributed by atoms with Crippen molar-refractivity contribution in [1.29, 1.82) is 0 Å². The number of halogens is 2. The molecule has 3 heteroatoms. The van der Waals surface area contributed by atoms with Gasteiger partial charge in [0.2, 0.25) is 0 Å².